The first kappa shape index (κ1) is 24.9. The van der Waals surface area contributed by atoms with Crippen LogP contribution in [0.2, 0.25) is 0 Å². The summed E-state index contributed by atoms with van der Waals surface area (Å²) < 4.78 is 77.4. The van der Waals surface area contributed by atoms with Gasteiger partial charge in [-0.2, -0.15) is 26.3 Å². The number of carboxylic acid groups (broad SMARTS) is 1. The van der Waals surface area contributed by atoms with Crippen LogP contribution in [0, 0.1) is 0 Å². The summed E-state index contributed by atoms with van der Waals surface area (Å²) in [6.07, 6.45) is -8.15. The van der Waals surface area contributed by atoms with Gasteiger partial charge in [-0.15, -0.1) is 6.58 Å². The number of carbonyl (C=O) groups is 1. The molecule has 34 heavy (non-hydrogen) atoms. The number of allylic oxidation sites excluding steroid dienone is 1. The van der Waals surface area contributed by atoms with E-state index in [9.17, 15) is 36.2 Å². The van der Waals surface area contributed by atoms with Crippen molar-refractivity contribution in [1.82, 2.24) is 9.97 Å². The first-order valence-corrected chi connectivity index (χ1v) is 9.86. The molecule has 0 aliphatic heterocycles. The van der Waals surface area contributed by atoms with Gasteiger partial charge in [0, 0.05) is 17.3 Å². The van der Waals surface area contributed by atoms with Gasteiger partial charge < -0.3 is 5.11 Å². The van der Waals surface area contributed by atoms with E-state index in [1.807, 2.05) is 0 Å². The van der Waals surface area contributed by atoms with Gasteiger partial charge in [-0.25, -0.2) is 4.98 Å². The van der Waals surface area contributed by atoms with Gasteiger partial charge in [-0.05, 0) is 55.3 Å². The summed E-state index contributed by atoms with van der Waals surface area (Å²) in [4.78, 5) is 19.7. The van der Waals surface area contributed by atoms with Crippen LogP contribution < -0.4 is 0 Å². The Balaban J connectivity index is 2.15. The Bertz CT molecular complexity index is 1120. The number of aromatic nitrogens is 2. The Morgan fingerprint density at radius 1 is 0.941 bits per heavy atom. The van der Waals surface area contributed by atoms with Gasteiger partial charge >= 0.3 is 18.3 Å². The number of halogens is 6. The topological polar surface area (TPSA) is 63.1 Å². The maximum Gasteiger partial charge on any atom is 0.433 e. The molecule has 0 radical (unpaired) electrons. The minimum Gasteiger partial charge on any atom is -0.481 e. The average molecular weight is 480 g/mol. The summed E-state index contributed by atoms with van der Waals surface area (Å²) >= 11 is 0. The van der Waals surface area contributed by atoms with Crippen LogP contribution in [0.1, 0.15) is 36.1 Å². The van der Waals surface area contributed by atoms with Gasteiger partial charge in [0.25, 0.3) is 0 Å². The maximum atomic E-state index is 12.9. The van der Waals surface area contributed by atoms with Gasteiger partial charge in [0.05, 0.1) is 22.9 Å². The van der Waals surface area contributed by atoms with Crippen molar-refractivity contribution in [2.75, 3.05) is 0 Å². The van der Waals surface area contributed by atoms with Crippen molar-refractivity contribution in [3.63, 3.8) is 0 Å². The molecule has 2 heterocycles. The quantitative estimate of drug-likeness (QED) is 0.305. The standard InChI is InChI=1S/C24H18F6N2O2/c1-13(2)9-18(22(33)34)16-10-19(14-3-6-17(7-4-14)23(25,26)27)32-20(11-16)15-5-8-21(31-12-15)24(28,29)30/h3-8,10-12,18H,1,9H2,2H3,(H,33,34). The fourth-order valence-electron chi connectivity index (χ4n) is 3.29. The molecule has 0 amide bonds. The third kappa shape index (κ3) is 5.81. The molecule has 0 saturated carbocycles. The maximum absolute atomic E-state index is 12.9. The van der Waals surface area contributed by atoms with E-state index in [2.05, 4.69) is 16.5 Å². The zero-order valence-electron chi connectivity index (χ0n) is 17.7. The van der Waals surface area contributed by atoms with Crippen LogP contribution >= 0.6 is 0 Å². The van der Waals surface area contributed by atoms with E-state index in [4.69, 9.17) is 0 Å². The Labute approximate surface area is 190 Å². The van der Waals surface area contributed by atoms with Crippen molar-refractivity contribution in [2.24, 2.45) is 0 Å². The highest BCUT2D eigenvalue weighted by atomic mass is 19.4. The van der Waals surface area contributed by atoms with Crippen LogP contribution in [0.4, 0.5) is 26.3 Å². The highest BCUT2D eigenvalue weighted by Crippen LogP contribution is 2.34. The number of alkyl halides is 6. The van der Waals surface area contributed by atoms with E-state index in [1.54, 1.807) is 6.92 Å². The van der Waals surface area contributed by atoms with Crippen LogP contribution in [0.5, 0.6) is 0 Å². The second-order valence-electron chi connectivity index (χ2n) is 7.73. The fourth-order valence-corrected chi connectivity index (χ4v) is 3.29. The van der Waals surface area contributed by atoms with E-state index >= 15 is 0 Å². The summed E-state index contributed by atoms with van der Waals surface area (Å²) in [5.74, 6) is -2.21. The van der Waals surface area contributed by atoms with Crippen LogP contribution in [-0.4, -0.2) is 21.0 Å². The zero-order chi connectivity index (χ0) is 25.3. The highest BCUT2D eigenvalue weighted by Gasteiger charge is 2.32. The summed E-state index contributed by atoms with van der Waals surface area (Å²) in [5.41, 5.74) is -0.381. The van der Waals surface area contributed by atoms with E-state index in [0.717, 1.165) is 30.5 Å². The minimum atomic E-state index is -4.64. The molecule has 1 aromatic carbocycles. The highest BCUT2D eigenvalue weighted by molar-refractivity contribution is 5.78. The van der Waals surface area contributed by atoms with Gasteiger partial charge in [0.1, 0.15) is 5.69 Å². The molecule has 3 aromatic rings. The smallest absolute Gasteiger partial charge is 0.433 e. The van der Waals surface area contributed by atoms with Crippen LogP contribution in [0.25, 0.3) is 22.5 Å². The third-order valence-electron chi connectivity index (χ3n) is 4.96. The summed E-state index contributed by atoms with van der Waals surface area (Å²) in [7, 11) is 0. The number of aliphatic carboxylic acids is 1. The lowest BCUT2D eigenvalue weighted by Gasteiger charge is -2.16. The predicted octanol–water partition coefficient (Wildman–Crippen LogP) is 6.98. The Kier molecular flexibility index (Phi) is 6.81. The number of rotatable bonds is 6. The zero-order valence-corrected chi connectivity index (χ0v) is 17.7. The molecule has 0 aliphatic carbocycles. The van der Waals surface area contributed by atoms with Gasteiger partial charge in [-0.1, -0.05) is 17.7 Å². The van der Waals surface area contributed by atoms with E-state index in [-0.39, 0.29) is 34.5 Å². The summed E-state index contributed by atoms with van der Waals surface area (Å²) in [6, 6.07) is 8.88. The minimum absolute atomic E-state index is 0.0799. The molecule has 178 valence electrons. The van der Waals surface area contributed by atoms with Crippen molar-refractivity contribution in [3.05, 3.63) is 83.7 Å². The monoisotopic (exact) mass is 480 g/mol. The van der Waals surface area contributed by atoms with Crippen LogP contribution in [0.3, 0.4) is 0 Å². The molecule has 4 nitrogen and oxygen atoms in total. The summed E-state index contributed by atoms with van der Waals surface area (Å²) in [6.45, 7) is 5.37. The van der Waals surface area contributed by atoms with Crippen molar-refractivity contribution in [3.8, 4) is 22.5 Å². The van der Waals surface area contributed by atoms with Crippen molar-refractivity contribution in [2.45, 2.75) is 31.6 Å². The lowest BCUT2D eigenvalue weighted by atomic mass is 9.91. The molecular weight excluding hydrogens is 462 g/mol. The van der Waals surface area contributed by atoms with E-state index in [0.29, 0.717) is 5.57 Å². The van der Waals surface area contributed by atoms with Gasteiger partial charge in [-0.3, -0.25) is 9.78 Å². The largest absolute Gasteiger partial charge is 0.481 e. The Hall–Kier alpha value is -3.69. The van der Waals surface area contributed by atoms with Crippen molar-refractivity contribution >= 4 is 5.97 Å². The number of pyridine rings is 2. The molecule has 0 fully saturated rings. The number of carboxylic acids is 1. The number of nitrogens with zero attached hydrogens (tertiary/aromatic N) is 2. The molecule has 1 N–H and O–H groups in total. The molecule has 0 saturated heterocycles. The molecule has 0 bridgehead atoms. The molecule has 10 heteroatoms. The first-order chi connectivity index (χ1) is 15.8. The Morgan fingerprint density at radius 3 is 1.94 bits per heavy atom. The molecule has 0 spiro atoms. The number of hydrogen-bond donors (Lipinski definition) is 1. The van der Waals surface area contributed by atoms with E-state index < -0.39 is 35.5 Å². The van der Waals surface area contributed by atoms with Crippen molar-refractivity contribution < 1.29 is 36.2 Å². The molecule has 0 aliphatic rings. The summed E-state index contributed by atoms with van der Waals surface area (Å²) in [5, 5.41) is 9.73. The Morgan fingerprint density at radius 2 is 1.50 bits per heavy atom. The second-order valence-corrected chi connectivity index (χ2v) is 7.73. The lowest BCUT2D eigenvalue weighted by molar-refractivity contribution is -0.141. The third-order valence-corrected chi connectivity index (χ3v) is 4.96. The molecular formula is C24H18F6N2O2. The molecule has 1 unspecified atom stereocenters. The fraction of sp³-hybridized carbons (Fsp3) is 0.208. The SMILES string of the molecule is C=C(C)CC(C(=O)O)c1cc(-c2ccc(C(F)(F)F)cc2)nc(-c2ccc(C(F)(F)F)nc2)c1. The second kappa shape index (κ2) is 9.28. The van der Waals surface area contributed by atoms with Crippen LogP contribution in [0.15, 0.2) is 66.9 Å². The first-order valence-electron chi connectivity index (χ1n) is 9.86. The van der Waals surface area contributed by atoms with Gasteiger partial charge in [0.15, 0.2) is 0 Å². The van der Waals surface area contributed by atoms with Crippen LogP contribution in [-0.2, 0) is 17.1 Å². The average Bonchev–Trinajstić information content (AvgIpc) is 2.76. The van der Waals surface area contributed by atoms with E-state index in [1.165, 1.54) is 24.3 Å². The lowest BCUT2D eigenvalue weighted by Crippen LogP contribution is -2.13. The number of hydrogen-bond acceptors (Lipinski definition) is 3. The molecule has 1 atom stereocenters. The molecule has 2 aromatic heterocycles. The number of benzene rings is 1. The predicted molar refractivity (Wildman–Crippen MR) is 113 cm³/mol. The van der Waals surface area contributed by atoms with Crippen molar-refractivity contribution in [1.29, 1.82) is 0 Å². The normalized spacial score (nSPS) is 12.9. The molecule has 3 rings (SSSR count). The van der Waals surface area contributed by atoms with Gasteiger partial charge in [0.2, 0.25) is 0 Å².